The number of hydrogen-bond donors (Lipinski definition) is 0. The summed E-state index contributed by atoms with van der Waals surface area (Å²) in [6, 6.07) is 5.05. The first-order valence-electron chi connectivity index (χ1n) is 7.95. The lowest BCUT2D eigenvalue weighted by atomic mass is 9.98. The van der Waals surface area contributed by atoms with E-state index in [1.54, 1.807) is 25.3 Å². The number of ketones is 1. The van der Waals surface area contributed by atoms with Crippen molar-refractivity contribution in [3.63, 3.8) is 0 Å². The van der Waals surface area contributed by atoms with Gasteiger partial charge in [-0.3, -0.25) is 9.69 Å². The molecule has 1 fully saturated rings. The van der Waals surface area contributed by atoms with Crippen LogP contribution in [0.25, 0.3) is 0 Å². The van der Waals surface area contributed by atoms with Crippen LogP contribution in [0.2, 0.25) is 0 Å². The zero-order valence-electron chi connectivity index (χ0n) is 14.7. The summed E-state index contributed by atoms with van der Waals surface area (Å²) in [5.41, 5.74) is 0.0374. The molecule has 6 nitrogen and oxygen atoms in total. The van der Waals surface area contributed by atoms with Crippen LogP contribution < -0.4 is 9.47 Å². The zero-order chi connectivity index (χ0) is 18.0. The SMILES string of the molecule is CCN(CC(=O)c1ccc(OC)c(OC)c1)[C@@]1(C)CCS(=O)(=O)C1. The highest BCUT2D eigenvalue weighted by molar-refractivity contribution is 7.91. The highest BCUT2D eigenvalue weighted by Gasteiger charge is 2.42. The van der Waals surface area contributed by atoms with Gasteiger partial charge in [0.25, 0.3) is 0 Å². The van der Waals surface area contributed by atoms with E-state index in [0.717, 1.165) is 0 Å². The summed E-state index contributed by atoms with van der Waals surface area (Å²) in [5.74, 6) is 1.29. The van der Waals surface area contributed by atoms with E-state index in [1.807, 2.05) is 18.7 Å². The van der Waals surface area contributed by atoms with Gasteiger partial charge in [-0.2, -0.15) is 0 Å². The molecule has 0 amide bonds. The van der Waals surface area contributed by atoms with Crippen molar-refractivity contribution in [1.29, 1.82) is 0 Å². The van der Waals surface area contributed by atoms with Gasteiger partial charge in [-0.05, 0) is 38.1 Å². The summed E-state index contributed by atoms with van der Waals surface area (Å²) < 4.78 is 34.1. The Morgan fingerprint density at radius 2 is 1.92 bits per heavy atom. The van der Waals surface area contributed by atoms with E-state index in [4.69, 9.17) is 9.47 Å². The maximum Gasteiger partial charge on any atom is 0.176 e. The quantitative estimate of drug-likeness (QED) is 0.694. The zero-order valence-corrected chi connectivity index (χ0v) is 15.5. The normalized spacial score (nSPS) is 22.5. The molecule has 0 radical (unpaired) electrons. The second kappa shape index (κ2) is 7.11. The van der Waals surface area contributed by atoms with Crippen molar-refractivity contribution in [3.05, 3.63) is 23.8 Å². The maximum absolute atomic E-state index is 12.7. The van der Waals surface area contributed by atoms with Gasteiger partial charge in [0.1, 0.15) is 0 Å². The van der Waals surface area contributed by atoms with Crippen LogP contribution in [0.15, 0.2) is 18.2 Å². The highest BCUT2D eigenvalue weighted by Crippen LogP contribution is 2.31. The molecule has 1 aliphatic rings. The Morgan fingerprint density at radius 3 is 2.42 bits per heavy atom. The fourth-order valence-corrected chi connectivity index (χ4v) is 5.37. The van der Waals surface area contributed by atoms with E-state index < -0.39 is 15.4 Å². The summed E-state index contributed by atoms with van der Waals surface area (Å²) in [6.45, 7) is 4.66. The van der Waals surface area contributed by atoms with Gasteiger partial charge >= 0.3 is 0 Å². The van der Waals surface area contributed by atoms with E-state index >= 15 is 0 Å². The minimum absolute atomic E-state index is 0.0664. The first kappa shape index (κ1) is 18.7. The average molecular weight is 355 g/mol. The smallest absolute Gasteiger partial charge is 0.176 e. The standard InChI is InChI=1S/C17H25NO5S/c1-5-18(17(2)8-9-24(20,21)12-17)11-14(19)13-6-7-15(22-3)16(10-13)23-4/h6-7,10H,5,8-9,11-12H2,1-4H3/t17-/m0/s1. The molecule has 1 aromatic carbocycles. The van der Waals surface area contributed by atoms with Crippen LogP contribution >= 0.6 is 0 Å². The molecule has 24 heavy (non-hydrogen) atoms. The second-order valence-corrected chi connectivity index (χ2v) is 8.53. The predicted octanol–water partition coefficient (Wildman–Crippen LogP) is 1.79. The van der Waals surface area contributed by atoms with Crippen molar-refractivity contribution < 1.29 is 22.7 Å². The number of hydrogen-bond acceptors (Lipinski definition) is 6. The van der Waals surface area contributed by atoms with Gasteiger partial charge in [0.15, 0.2) is 27.1 Å². The molecule has 2 rings (SSSR count). The predicted molar refractivity (Wildman–Crippen MR) is 92.8 cm³/mol. The summed E-state index contributed by atoms with van der Waals surface area (Å²) >= 11 is 0. The van der Waals surface area contributed by atoms with Crippen molar-refractivity contribution in [2.24, 2.45) is 0 Å². The first-order chi connectivity index (χ1) is 11.2. The van der Waals surface area contributed by atoms with Crippen LogP contribution in [0.3, 0.4) is 0 Å². The molecule has 1 heterocycles. The Labute approximate surface area is 143 Å². The number of likely N-dealkylation sites (N-methyl/N-ethyl adjacent to an activating group) is 1. The number of carbonyl (C=O) groups excluding carboxylic acids is 1. The van der Waals surface area contributed by atoms with Crippen molar-refractivity contribution in [3.8, 4) is 11.5 Å². The molecule has 0 aliphatic carbocycles. The molecule has 0 unspecified atom stereocenters. The minimum Gasteiger partial charge on any atom is -0.493 e. The summed E-state index contributed by atoms with van der Waals surface area (Å²) in [4.78, 5) is 14.6. The van der Waals surface area contributed by atoms with E-state index in [2.05, 4.69) is 0 Å². The Balaban J connectivity index is 2.18. The largest absolute Gasteiger partial charge is 0.493 e. The lowest BCUT2D eigenvalue weighted by Gasteiger charge is -2.36. The van der Waals surface area contributed by atoms with E-state index in [9.17, 15) is 13.2 Å². The molecule has 0 bridgehead atoms. The molecule has 0 saturated carbocycles. The molecule has 1 aromatic rings. The van der Waals surface area contributed by atoms with Crippen LogP contribution in [0, 0.1) is 0 Å². The third-order valence-electron chi connectivity index (χ3n) is 4.67. The van der Waals surface area contributed by atoms with Gasteiger partial charge in [-0.15, -0.1) is 0 Å². The number of ether oxygens (including phenoxy) is 2. The molecular weight excluding hydrogens is 330 g/mol. The number of sulfone groups is 1. The number of carbonyl (C=O) groups is 1. The Hall–Kier alpha value is -1.60. The number of Topliss-reactive ketones (excluding diaryl/α,β-unsaturated/α-hetero) is 1. The molecule has 1 aliphatic heterocycles. The minimum atomic E-state index is -3.02. The van der Waals surface area contributed by atoms with Crippen molar-refractivity contribution in [1.82, 2.24) is 4.90 Å². The van der Waals surface area contributed by atoms with E-state index in [-0.39, 0.29) is 23.8 Å². The number of rotatable bonds is 7. The van der Waals surface area contributed by atoms with Crippen LogP contribution in [0.5, 0.6) is 11.5 Å². The van der Waals surface area contributed by atoms with Crippen molar-refractivity contribution in [2.75, 3.05) is 38.8 Å². The Bertz CT molecular complexity index is 716. The Morgan fingerprint density at radius 1 is 1.25 bits per heavy atom. The third-order valence-corrected chi connectivity index (χ3v) is 6.56. The molecule has 134 valence electrons. The van der Waals surface area contributed by atoms with Crippen LogP contribution in [0.4, 0.5) is 0 Å². The van der Waals surface area contributed by atoms with Crippen LogP contribution in [-0.4, -0.2) is 63.5 Å². The fourth-order valence-electron chi connectivity index (χ4n) is 3.20. The molecule has 0 spiro atoms. The lowest BCUT2D eigenvalue weighted by molar-refractivity contribution is 0.0810. The molecule has 1 atom stereocenters. The molecule has 7 heteroatoms. The number of benzene rings is 1. The maximum atomic E-state index is 12.7. The van der Waals surface area contributed by atoms with Gasteiger partial charge in [-0.25, -0.2) is 8.42 Å². The summed E-state index contributed by atoms with van der Waals surface area (Å²) in [7, 11) is 0.0453. The van der Waals surface area contributed by atoms with Gasteiger partial charge in [0, 0.05) is 11.1 Å². The topological polar surface area (TPSA) is 72.9 Å². The van der Waals surface area contributed by atoms with E-state index in [0.29, 0.717) is 30.0 Å². The average Bonchev–Trinajstić information content (AvgIpc) is 2.85. The van der Waals surface area contributed by atoms with Crippen molar-refractivity contribution >= 4 is 15.6 Å². The van der Waals surface area contributed by atoms with Gasteiger partial charge in [0.2, 0.25) is 0 Å². The number of methoxy groups -OCH3 is 2. The molecule has 0 aromatic heterocycles. The van der Waals surface area contributed by atoms with Gasteiger partial charge in [0.05, 0.1) is 32.3 Å². The Kier molecular flexibility index (Phi) is 5.55. The third kappa shape index (κ3) is 3.89. The highest BCUT2D eigenvalue weighted by atomic mass is 32.2. The molecular formula is C17H25NO5S. The fraction of sp³-hybridized carbons (Fsp3) is 0.588. The van der Waals surface area contributed by atoms with Crippen LogP contribution in [0.1, 0.15) is 30.6 Å². The molecule has 0 N–H and O–H groups in total. The van der Waals surface area contributed by atoms with Gasteiger partial charge < -0.3 is 9.47 Å². The van der Waals surface area contributed by atoms with Crippen LogP contribution in [-0.2, 0) is 9.84 Å². The summed E-state index contributed by atoms with van der Waals surface area (Å²) in [6.07, 6.45) is 0.558. The van der Waals surface area contributed by atoms with E-state index in [1.165, 1.54) is 7.11 Å². The van der Waals surface area contributed by atoms with Crippen molar-refractivity contribution in [2.45, 2.75) is 25.8 Å². The first-order valence-corrected chi connectivity index (χ1v) is 9.77. The van der Waals surface area contributed by atoms with Gasteiger partial charge in [-0.1, -0.05) is 6.92 Å². The number of nitrogens with zero attached hydrogens (tertiary/aromatic N) is 1. The summed E-state index contributed by atoms with van der Waals surface area (Å²) in [5, 5.41) is 0. The molecule has 1 saturated heterocycles. The lowest BCUT2D eigenvalue weighted by Crippen LogP contribution is -2.49. The second-order valence-electron chi connectivity index (χ2n) is 6.35. The monoisotopic (exact) mass is 355 g/mol.